The van der Waals surface area contributed by atoms with Gasteiger partial charge in [0.05, 0.1) is 14.2 Å². The van der Waals surface area contributed by atoms with Crippen molar-refractivity contribution in [3.05, 3.63) is 23.3 Å². The Kier molecular flexibility index (Phi) is 4.04. The summed E-state index contributed by atoms with van der Waals surface area (Å²) in [6.45, 7) is 4.35. The second-order valence-electron chi connectivity index (χ2n) is 5.81. The molecule has 0 radical (unpaired) electrons. The summed E-state index contributed by atoms with van der Waals surface area (Å²) in [4.78, 5) is 0. The van der Waals surface area contributed by atoms with Crippen LogP contribution in [0.15, 0.2) is 12.1 Å². The zero-order valence-electron chi connectivity index (χ0n) is 12.5. The van der Waals surface area contributed by atoms with Gasteiger partial charge < -0.3 is 15.2 Å². The normalized spacial score (nSPS) is 17.8. The smallest absolute Gasteiger partial charge is 0.127 e. The minimum atomic E-state index is -0.235. The van der Waals surface area contributed by atoms with Crippen LogP contribution in [0.25, 0.3) is 0 Å². The molecule has 0 atom stereocenters. The van der Waals surface area contributed by atoms with Crippen LogP contribution >= 0.6 is 0 Å². The van der Waals surface area contributed by atoms with Crippen molar-refractivity contribution in [2.24, 2.45) is 5.73 Å². The van der Waals surface area contributed by atoms with Crippen molar-refractivity contribution in [1.29, 1.82) is 0 Å². The summed E-state index contributed by atoms with van der Waals surface area (Å²) in [5, 5.41) is 0. The number of benzene rings is 1. The largest absolute Gasteiger partial charge is 0.496 e. The average molecular weight is 263 g/mol. The highest BCUT2D eigenvalue weighted by atomic mass is 16.5. The van der Waals surface area contributed by atoms with Crippen LogP contribution in [0.3, 0.4) is 0 Å². The third kappa shape index (κ3) is 2.57. The number of methoxy groups -OCH3 is 2. The Morgan fingerprint density at radius 3 is 2.11 bits per heavy atom. The molecule has 0 saturated heterocycles. The number of hydrogen-bond donors (Lipinski definition) is 1. The molecule has 0 bridgehead atoms. The van der Waals surface area contributed by atoms with Crippen molar-refractivity contribution >= 4 is 0 Å². The Morgan fingerprint density at radius 1 is 1.05 bits per heavy atom. The van der Waals surface area contributed by atoms with E-state index in [0.717, 1.165) is 29.9 Å². The van der Waals surface area contributed by atoms with Gasteiger partial charge in [0.1, 0.15) is 11.5 Å². The molecule has 1 aliphatic carbocycles. The third-order valence-electron chi connectivity index (χ3n) is 4.21. The van der Waals surface area contributed by atoms with Gasteiger partial charge in [-0.3, -0.25) is 0 Å². The van der Waals surface area contributed by atoms with Crippen LogP contribution in [0.4, 0.5) is 0 Å². The Hall–Kier alpha value is -1.22. The van der Waals surface area contributed by atoms with Crippen LogP contribution in [0.5, 0.6) is 11.5 Å². The van der Waals surface area contributed by atoms with E-state index in [4.69, 9.17) is 15.2 Å². The summed E-state index contributed by atoms with van der Waals surface area (Å²) < 4.78 is 11.0. The Morgan fingerprint density at radius 2 is 1.63 bits per heavy atom. The minimum Gasteiger partial charge on any atom is -0.496 e. The third-order valence-corrected chi connectivity index (χ3v) is 4.21. The van der Waals surface area contributed by atoms with Crippen LogP contribution in [0, 0.1) is 0 Å². The molecule has 2 N–H and O–H groups in total. The maximum atomic E-state index is 6.60. The van der Waals surface area contributed by atoms with E-state index in [0.29, 0.717) is 5.92 Å². The number of nitrogens with two attached hydrogens (primary N) is 1. The molecule has 1 saturated carbocycles. The highest BCUT2D eigenvalue weighted by Gasteiger charge is 2.34. The van der Waals surface area contributed by atoms with Crippen molar-refractivity contribution < 1.29 is 9.47 Å². The van der Waals surface area contributed by atoms with Crippen LogP contribution in [0.2, 0.25) is 0 Å². The predicted octanol–water partition coefficient (Wildman–Crippen LogP) is 3.56. The second-order valence-corrected chi connectivity index (χ2v) is 5.81. The van der Waals surface area contributed by atoms with Crippen molar-refractivity contribution in [3.63, 3.8) is 0 Å². The molecule has 0 aromatic heterocycles. The van der Waals surface area contributed by atoms with Crippen molar-refractivity contribution in [2.45, 2.75) is 51.0 Å². The van der Waals surface area contributed by atoms with Gasteiger partial charge in [-0.2, -0.15) is 0 Å². The maximum absolute atomic E-state index is 6.60. The number of ether oxygens (including phenoxy) is 2. The molecule has 0 unspecified atom stereocenters. The average Bonchev–Trinajstić information content (AvgIpc) is 2.84. The van der Waals surface area contributed by atoms with E-state index >= 15 is 0 Å². The first-order valence-corrected chi connectivity index (χ1v) is 7.07. The zero-order chi connectivity index (χ0) is 14.0. The molecule has 0 spiro atoms. The molecule has 0 heterocycles. The molecule has 0 amide bonds. The molecule has 3 heteroatoms. The molecule has 3 nitrogen and oxygen atoms in total. The van der Waals surface area contributed by atoms with Gasteiger partial charge in [0.15, 0.2) is 0 Å². The molecule has 1 aromatic rings. The molecule has 106 valence electrons. The van der Waals surface area contributed by atoms with Crippen LogP contribution < -0.4 is 15.2 Å². The Labute approximate surface area is 116 Å². The molecular formula is C16H25NO2. The maximum Gasteiger partial charge on any atom is 0.127 e. The van der Waals surface area contributed by atoms with E-state index in [9.17, 15) is 0 Å². The molecule has 1 aromatic carbocycles. The van der Waals surface area contributed by atoms with Crippen LogP contribution in [-0.2, 0) is 5.54 Å². The molecule has 1 aliphatic rings. The first-order valence-electron chi connectivity index (χ1n) is 7.07. The van der Waals surface area contributed by atoms with Gasteiger partial charge in [-0.15, -0.1) is 0 Å². The van der Waals surface area contributed by atoms with Crippen LogP contribution in [0.1, 0.15) is 56.6 Å². The summed E-state index contributed by atoms with van der Waals surface area (Å²) in [6, 6.07) is 4.17. The number of hydrogen-bond acceptors (Lipinski definition) is 3. The summed E-state index contributed by atoms with van der Waals surface area (Å²) in [6.07, 6.45) is 4.46. The Balaban J connectivity index is 2.55. The zero-order valence-corrected chi connectivity index (χ0v) is 12.5. The van der Waals surface area contributed by atoms with Gasteiger partial charge in [-0.1, -0.05) is 26.7 Å². The molecule has 19 heavy (non-hydrogen) atoms. The first-order chi connectivity index (χ1) is 9.01. The standard InChI is InChI=1S/C16H25NO2/c1-11(2)12-9-13(16(17)7-5-6-8-16)15(19-4)10-14(12)18-3/h9-11H,5-8,17H2,1-4H3. The Bertz CT molecular complexity index is 448. The second kappa shape index (κ2) is 5.41. The monoisotopic (exact) mass is 263 g/mol. The van der Waals surface area contributed by atoms with Gasteiger partial charge in [-0.25, -0.2) is 0 Å². The van der Waals surface area contributed by atoms with Gasteiger partial charge in [0.2, 0.25) is 0 Å². The lowest BCUT2D eigenvalue weighted by molar-refractivity contribution is 0.367. The van der Waals surface area contributed by atoms with Gasteiger partial charge >= 0.3 is 0 Å². The fraction of sp³-hybridized carbons (Fsp3) is 0.625. The summed E-state index contributed by atoms with van der Waals surface area (Å²) in [7, 11) is 3.40. The topological polar surface area (TPSA) is 44.5 Å². The molecule has 1 fully saturated rings. The van der Waals surface area contributed by atoms with Gasteiger partial charge in [-0.05, 0) is 30.4 Å². The summed E-state index contributed by atoms with van der Waals surface area (Å²) in [5.74, 6) is 2.15. The molecule has 0 aliphatic heterocycles. The molecular weight excluding hydrogens is 238 g/mol. The van der Waals surface area contributed by atoms with E-state index in [-0.39, 0.29) is 5.54 Å². The van der Waals surface area contributed by atoms with Gasteiger partial charge in [0, 0.05) is 17.2 Å². The fourth-order valence-corrected chi connectivity index (χ4v) is 3.04. The predicted molar refractivity (Wildman–Crippen MR) is 78.0 cm³/mol. The van der Waals surface area contributed by atoms with E-state index < -0.39 is 0 Å². The van der Waals surface area contributed by atoms with Crippen molar-refractivity contribution in [1.82, 2.24) is 0 Å². The number of rotatable bonds is 4. The summed E-state index contributed by atoms with van der Waals surface area (Å²) >= 11 is 0. The molecule has 2 rings (SSSR count). The van der Waals surface area contributed by atoms with E-state index in [1.54, 1.807) is 14.2 Å². The SMILES string of the molecule is COc1cc(OC)c(C2(N)CCCC2)cc1C(C)C. The van der Waals surface area contributed by atoms with E-state index in [2.05, 4.69) is 19.9 Å². The van der Waals surface area contributed by atoms with Crippen molar-refractivity contribution in [2.75, 3.05) is 14.2 Å². The van der Waals surface area contributed by atoms with Crippen LogP contribution in [-0.4, -0.2) is 14.2 Å². The lowest BCUT2D eigenvalue weighted by Crippen LogP contribution is -2.33. The minimum absolute atomic E-state index is 0.235. The first kappa shape index (κ1) is 14.2. The van der Waals surface area contributed by atoms with Crippen molar-refractivity contribution in [3.8, 4) is 11.5 Å². The van der Waals surface area contributed by atoms with Gasteiger partial charge in [0.25, 0.3) is 0 Å². The summed E-state index contributed by atoms with van der Waals surface area (Å²) in [5.41, 5.74) is 8.70. The van der Waals surface area contributed by atoms with E-state index in [1.165, 1.54) is 18.4 Å². The highest BCUT2D eigenvalue weighted by molar-refractivity contribution is 5.51. The fourth-order valence-electron chi connectivity index (χ4n) is 3.04. The lowest BCUT2D eigenvalue weighted by atomic mass is 9.85. The quantitative estimate of drug-likeness (QED) is 0.903. The lowest BCUT2D eigenvalue weighted by Gasteiger charge is -2.28. The highest BCUT2D eigenvalue weighted by Crippen LogP contribution is 2.44. The van der Waals surface area contributed by atoms with E-state index in [1.807, 2.05) is 6.07 Å².